The molecule has 2 saturated heterocycles. The Morgan fingerprint density at radius 1 is 1.21 bits per heavy atom. The number of urea groups is 1. The van der Waals surface area contributed by atoms with Gasteiger partial charge in [-0.05, 0) is 43.5 Å². The number of aryl methyl sites for hydroxylation is 2. The number of piperazine rings is 1. The van der Waals surface area contributed by atoms with Gasteiger partial charge in [-0.1, -0.05) is 25.1 Å². The van der Waals surface area contributed by atoms with Crippen LogP contribution in [0.4, 0.5) is 10.5 Å². The quantitative estimate of drug-likeness (QED) is 0.792. The van der Waals surface area contributed by atoms with Crippen LogP contribution in [0.1, 0.15) is 33.5 Å². The van der Waals surface area contributed by atoms with Crippen LogP contribution in [0.25, 0.3) is 0 Å². The number of amides is 3. The van der Waals surface area contributed by atoms with Crippen LogP contribution < -0.4 is 10.6 Å². The number of nitrogens with zero attached hydrogens (tertiary/aromatic N) is 2. The molecule has 4 rings (SSSR count). The predicted molar refractivity (Wildman–Crippen MR) is 117 cm³/mol. The lowest BCUT2D eigenvalue weighted by Crippen LogP contribution is -2.58. The molecule has 0 aliphatic carbocycles. The Bertz CT molecular complexity index is 882. The maximum Gasteiger partial charge on any atom is 0.322 e. The van der Waals surface area contributed by atoms with Gasteiger partial charge < -0.3 is 15.5 Å². The molecule has 2 N–H and O–H groups in total. The van der Waals surface area contributed by atoms with Crippen molar-refractivity contribution in [1.82, 2.24) is 15.1 Å². The number of hydrogen-bond acceptors (Lipinski definition) is 4. The molecule has 1 aromatic carbocycles. The van der Waals surface area contributed by atoms with Gasteiger partial charge in [0.15, 0.2) is 0 Å². The maximum absolute atomic E-state index is 12.8. The minimum atomic E-state index is -0.0551. The first kappa shape index (κ1) is 19.9. The van der Waals surface area contributed by atoms with E-state index >= 15 is 0 Å². The fourth-order valence-electron chi connectivity index (χ4n) is 4.29. The van der Waals surface area contributed by atoms with E-state index in [0.29, 0.717) is 13.1 Å². The topological polar surface area (TPSA) is 64.7 Å². The van der Waals surface area contributed by atoms with E-state index in [4.69, 9.17) is 0 Å². The number of carbonyl (C=O) groups excluding carboxylic acids is 2. The standard InChI is InChI=1S/C22H28N4O2S/c1-3-16-11-20(29-15(16)2)21(27)23-12-19-14-26(18-9-10-25(19)13-18)22(28)24-17-7-5-4-6-8-17/h4-8,11,18-19H,3,9-10,12-14H2,1-2H3,(H,23,27)(H,24,28)/t18-,19-/m0/s1. The van der Waals surface area contributed by atoms with Crippen LogP contribution in [-0.4, -0.2) is 60.0 Å². The molecule has 0 saturated carbocycles. The number of carbonyl (C=O) groups is 2. The Labute approximate surface area is 175 Å². The maximum atomic E-state index is 12.8. The lowest BCUT2D eigenvalue weighted by Gasteiger charge is -2.40. The van der Waals surface area contributed by atoms with Gasteiger partial charge >= 0.3 is 6.03 Å². The highest BCUT2D eigenvalue weighted by Crippen LogP contribution is 2.26. The van der Waals surface area contributed by atoms with Gasteiger partial charge in [0.1, 0.15) is 0 Å². The molecule has 2 bridgehead atoms. The van der Waals surface area contributed by atoms with Crippen molar-refractivity contribution >= 4 is 29.0 Å². The third kappa shape index (κ3) is 4.31. The number of fused-ring (bicyclic) bond motifs is 2. The summed E-state index contributed by atoms with van der Waals surface area (Å²) in [5.74, 6) is -0.0144. The average Bonchev–Trinajstić information content (AvgIpc) is 3.32. The Morgan fingerprint density at radius 2 is 2.00 bits per heavy atom. The third-order valence-electron chi connectivity index (χ3n) is 5.97. The largest absolute Gasteiger partial charge is 0.350 e. The molecule has 1 unspecified atom stereocenters. The first-order chi connectivity index (χ1) is 14.0. The summed E-state index contributed by atoms with van der Waals surface area (Å²) >= 11 is 1.55. The highest BCUT2D eigenvalue weighted by Gasteiger charge is 2.40. The lowest BCUT2D eigenvalue weighted by molar-refractivity contribution is 0.0886. The van der Waals surface area contributed by atoms with Crippen LogP contribution in [0.5, 0.6) is 0 Å². The summed E-state index contributed by atoms with van der Waals surface area (Å²) in [6.45, 7) is 7.21. The predicted octanol–water partition coefficient (Wildman–Crippen LogP) is 3.34. The number of rotatable bonds is 5. The van der Waals surface area contributed by atoms with Gasteiger partial charge in [-0.3, -0.25) is 9.69 Å². The first-order valence-corrected chi connectivity index (χ1v) is 11.1. The van der Waals surface area contributed by atoms with Crippen LogP contribution in [0, 0.1) is 6.92 Å². The summed E-state index contributed by atoms with van der Waals surface area (Å²) in [5, 5.41) is 6.10. The number of hydrogen-bond donors (Lipinski definition) is 2. The van der Waals surface area contributed by atoms with E-state index in [9.17, 15) is 9.59 Å². The van der Waals surface area contributed by atoms with Gasteiger partial charge in [0.2, 0.25) is 0 Å². The molecule has 3 amide bonds. The SMILES string of the molecule is CCc1cc(C(=O)NC[C@H]2CN(C(=O)Nc3ccccc3)[C@H]3CCN2C3)sc1C. The van der Waals surface area contributed by atoms with Crippen LogP contribution in [-0.2, 0) is 6.42 Å². The van der Waals surface area contributed by atoms with Crippen molar-refractivity contribution in [1.29, 1.82) is 0 Å². The molecule has 0 spiro atoms. The molecule has 2 aliphatic rings. The zero-order chi connectivity index (χ0) is 20.4. The summed E-state index contributed by atoms with van der Waals surface area (Å²) in [6, 6.07) is 11.9. The van der Waals surface area contributed by atoms with E-state index in [-0.39, 0.29) is 24.0 Å². The van der Waals surface area contributed by atoms with Gasteiger partial charge in [0, 0.05) is 48.8 Å². The molecule has 154 valence electrons. The smallest absolute Gasteiger partial charge is 0.322 e. The molecule has 3 heterocycles. The van der Waals surface area contributed by atoms with Gasteiger partial charge in [-0.15, -0.1) is 11.3 Å². The van der Waals surface area contributed by atoms with E-state index in [1.54, 1.807) is 11.3 Å². The fraction of sp³-hybridized carbons (Fsp3) is 0.455. The normalized spacial score (nSPS) is 23.1. The molecule has 2 fully saturated rings. The lowest BCUT2D eigenvalue weighted by atomic mass is 10.1. The second-order valence-electron chi connectivity index (χ2n) is 7.80. The van der Waals surface area contributed by atoms with Crippen LogP contribution >= 0.6 is 11.3 Å². The van der Waals surface area contributed by atoms with Gasteiger partial charge in [-0.25, -0.2) is 4.79 Å². The summed E-state index contributed by atoms with van der Waals surface area (Å²) < 4.78 is 0. The highest BCUT2D eigenvalue weighted by molar-refractivity contribution is 7.14. The van der Waals surface area contributed by atoms with Crippen molar-refractivity contribution in [2.24, 2.45) is 0 Å². The van der Waals surface area contributed by atoms with Crippen molar-refractivity contribution in [3.8, 4) is 0 Å². The molecule has 2 aliphatic heterocycles. The summed E-state index contributed by atoms with van der Waals surface area (Å²) in [5.41, 5.74) is 2.05. The molecule has 0 radical (unpaired) electrons. The Balaban J connectivity index is 1.37. The van der Waals surface area contributed by atoms with Crippen LogP contribution in [0.15, 0.2) is 36.4 Å². The number of para-hydroxylation sites is 1. The average molecular weight is 413 g/mol. The van der Waals surface area contributed by atoms with Gasteiger partial charge in [0.25, 0.3) is 5.91 Å². The minimum absolute atomic E-state index is 0.0144. The number of nitrogens with one attached hydrogen (secondary N) is 2. The van der Waals surface area contributed by atoms with Gasteiger partial charge in [0.05, 0.1) is 4.88 Å². The van der Waals surface area contributed by atoms with Crippen LogP contribution in [0.2, 0.25) is 0 Å². The molecule has 6 nitrogen and oxygen atoms in total. The van der Waals surface area contributed by atoms with Crippen molar-refractivity contribution < 1.29 is 9.59 Å². The number of thiophene rings is 1. The monoisotopic (exact) mass is 412 g/mol. The summed E-state index contributed by atoms with van der Waals surface area (Å²) in [7, 11) is 0. The van der Waals surface area contributed by atoms with E-state index in [0.717, 1.165) is 36.5 Å². The zero-order valence-corrected chi connectivity index (χ0v) is 17.8. The van der Waals surface area contributed by atoms with Crippen molar-refractivity contribution in [2.45, 2.75) is 38.8 Å². The van der Waals surface area contributed by atoms with E-state index in [1.165, 1.54) is 10.4 Å². The molecule has 3 atom stereocenters. The van der Waals surface area contributed by atoms with Crippen molar-refractivity contribution in [3.05, 3.63) is 51.7 Å². The number of benzene rings is 1. The fourth-order valence-corrected chi connectivity index (χ4v) is 5.32. The second kappa shape index (κ2) is 8.55. The molecule has 1 aromatic heterocycles. The molecule has 2 aromatic rings. The summed E-state index contributed by atoms with van der Waals surface area (Å²) in [6.07, 6.45) is 1.93. The molecule has 29 heavy (non-hydrogen) atoms. The highest BCUT2D eigenvalue weighted by atomic mass is 32.1. The Morgan fingerprint density at radius 3 is 2.72 bits per heavy atom. The number of anilines is 1. The molecular formula is C22H28N4O2S. The van der Waals surface area contributed by atoms with Crippen LogP contribution in [0.3, 0.4) is 0 Å². The zero-order valence-electron chi connectivity index (χ0n) is 17.0. The molecular weight excluding hydrogens is 384 g/mol. The van der Waals surface area contributed by atoms with E-state index in [1.807, 2.05) is 41.3 Å². The van der Waals surface area contributed by atoms with Gasteiger partial charge in [-0.2, -0.15) is 0 Å². The Hall–Kier alpha value is -2.38. The molecule has 7 heteroatoms. The summed E-state index contributed by atoms with van der Waals surface area (Å²) in [4.78, 5) is 31.8. The first-order valence-electron chi connectivity index (χ1n) is 10.3. The van der Waals surface area contributed by atoms with Crippen molar-refractivity contribution in [2.75, 3.05) is 31.5 Å². The minimum Gasteiger partial charge on any atom is -0.350 e. The van der Waals surface area contributed by atoms with E-state index in [2.05, 4.69) is 29.4 Å². The Kier molecular flexibility index (Phi) is 5.87. The van der Waals surface area contributed by atoms with E-state index < -0.39 is 0 Å². The second-order valence-corrected chi connectivity index (χ2v) is 9.05. The third-order valence-corrected chi connectivity index (χ3v) is 7.06. The van der Waals surface area contributed by atoms with Crippen molar-refractivity contribution in [3.63, 3.8) is 0 Å².